The van der Waals surface area contributed by atoms with E-state index in [9.17, 15) is 9.59 Å². The van der Waals surface area contributed by atoms with Crippen molar-refractivity contribution in [1.82, 2.24) is 0 Å². The summed E-state index contributed by atoms with van der Waals surface area (Å²) < 4.78 is 4.99. The first kappa shape index (κ1) is 13.6. The lowest BCUT2D eigenvalue weighted by atomic mass is 10.1. The number of amides is 1. The lowest BCUT2D eigenvalue weighted by Gasteiger charge is -2.20. The minimum absolute atomic E-state index is 0.00764. The SMILES string of the molecule is CCOC(=O)C1CC(=O)N(c2cccc(C)c2C)C1. The standard InChI is InChI=1S/C15H19NO3/c1-4-19-15(18)12-8-14(17)16(9-12)13-7-5-6-10(2)11(13)3/h5-7,12H,4,8-9H2,1-3H3. The fourth-order valence-electron chi connectivity index (χ4n) is 2.39. The first-order valence-corrected chi connectivity index (χ1v) is 6.57. The smallest absolute Gasteiger partial charge is 0.311 e. The second-order valence-corrected chi connectivity index (χ2v) is 4.88. The number of hydrogen-bond acceptors (Lipinski definition) is 3. The van der Waals surface area contributed by atoms with Crippen molar-refractivity contribution in [2.45, 2.75) is 27.2 Å². The number of benzene rings is 1. The van der Waals surface area contributed by atoms with Gasteiger partial charge in [0.1, 0.15) is 0 Å². The third-order valence-corrected chi connectivity index (χ3v) is 3.61. The van der Waals surface area contributed by atoms with Crippen molar-refractivity contribution in [3.63, 3.8) is 0 Å². The topological polar surface area (TPSA) is 46.6 Å². The summed E-state index contributed by atoms with van der Waals surface area (Å²) in [6.07, 6.45) is 0.242. The molecule has 4 nitrogen and oxygen atoms in total. The van der Waals surface area contributed by atoms with Crippen LogP contribution < -0.4 is 4.90 Å². The Bertz CT molecular complexity index is 510. The minimum atomic E-state index is -0.340. The molecule has 1 atom stereocenters. The molecule has 1 unspecified atom stereocenters. The maximum atomic E-state index is 12.1. The molecule has 0 radical (unpaired) electrons. The van der Waals surface area contributed by atoms with E-state index >= 15 is 0 Å². The third kappa shape index (κ3) is 2.62. The molecule has 0 bridgehead atoms. The van der Waals surface area contributed by atoms with E-state index in [2.05, 4.69) is 0 Å². The summed E-state index contributed by atoms with van der Waals surface area (Å²) >= 11 is 0. The van der Waals surface area contributed by atoms with Crippen LogP contribution in [-0.2, 0) is 14.3 Å². The predicted octanol–water partition coefficient (Wildman–Crippen LogP) is 2.22. The third-order valence-electron chi connectivity index (χ3n) is 3.61. The molecule has 0 aromatic heterocycles. The van der Waals surface area contributed by atoms with Gasteiger partial charge in [0.2, 0.25) is 5.91 Å². The first-order chi connectivity index (χ1) is 9.04. The van der Waals surface area contributed by atoms with Gasteiger partial charge in [-0.25, -0.2) is 0 Å². The van der Waals surface area contributed by atoms with E-state index in [1.807, 2.05) is 32.0 Å². The molecule has 1 aliphatic heterocycles. The van der Waals surface area contributed by atoms with Gasteiger partial charge in [0, 0.05) is 18.7 Å². The molecule has 1 amide bonds. The van der Waals surface area contributed by atoms with Gasteiger partial charge in [0.05, 0.1) is 12.5 Å². The number of nitrogens with zero attached hydrogens (tertiary/aromatic N) is 1. The van der Waals surface area contributed by atoms with Crippen LogP contribution in [0.5, 0.6) is 0 Å². The fourth-order valence-corrected chi connectivity index (χ4v) is 2.39. The van der Waals surface area contributed by atoms with E-state index in [4.69, 9.17) is 4.74 Å². The van der Waals surface area contributed by atoms with Crippen LogP contribution in [0.2, 0.25) is 0 Å². The Labute approximate surface area is 113 Å². The number of anilines is 1. The Morgan fingerprint density at radius 1 is 1.42 bits per heavy atom. The Morgan fingerprint density at radius 2 is 2.16 bits per heavy atom. The van der Waals surface area contributed by atoms with Gasteiger partial charge in [-0.1, -0.05) is 12.1 Å². The number of carbonyl (C=O) groups is 2. The number of ether oxygens (including phenoxy) is 1. The van der Waals surface area contributed by atoms with E-state index in [0.29, 0.717) is 13.2 Å². The van der Waals surface area contributed by atoms with Gasteiger partial charge >= 0.3 is 5.97 Å². The summed E-state index contributed by atoms with van der Waals surface area (Å²) in [5.41, 5.74) is 3.13. The lowest BCUT2D eigenvalue weighted by Crippen LogP contribution is -2.27. The second-order valence-electron chi connectivity index (χ2n) is 4.88. The van der Waals surface area contributed by atoms with Crippen LogP contribution >= 0.6 is 0 Å². The summed E-state index contributed by atoms with van der Waals surface area (Å²) in [7, 11) is 0. The largest absolute Gasteiger partial charge is 0.466 e. The molecule has 0 saturated carbocycles. The lowest BCUT2D eigenvalue weighted by molar-refractivity contribution is -0.147. The molecule has 0 N–H and O–H groups in total. The zero-order valence-corrected chi connectivity index (χ0v) is 11.6. The molecule has 102 valence electrons. The molecule has 0 aliphatic carbocycles. The zero-order valence-electron chi connectivity index (χ0n) is 11.6. The predicted molar refractivity (Wildman–Crippen MR) is 73.0 cm³/mol. The highest BCUT2D eigenvalue weighted by atomic mass is 16.5. The average molecular weight is 261 g/mol. The molecule has 19 heavy (non-hydrogen) atoms. The van der Waals surface area contributed by atoms with Crippen LogP contribution in [0.4, 0.5) is 5.69 Å². The van der Waals surface area contributed by atoms with Gasteiger partial charge in [-0.3, -0.25) is 9.59 Å². The molecule has 1 saturated heterocycles. The summed E-state index contributed by atoms with van der Waals surface area (Å²) in [6.45, 7) is 6.56. The van der Waals surface area contributed by atoms with Crippen molar-refractivity contribution in [2.24, 2.45) is 5.92 Å². The summed E-state index contributed by atoms with van der Waals surface area (Å²) in [5.74, 6) is -0.622. The van der Waals surface area contributed by atoms with E-state index in [1.54, 1.807) is 11.8 Å². The molecule has 1 aromatic carbocycles. The highest BCUT2D eigenvalue weighted by Gasteiger charge is 2.36. The van der Waals surface area contributed by atoms with Crippen LogP contribution in [0.15, 0.2) is 18.2 Å². The van der Waals surface area contributed by atoms with Crippen LogP contribution in [0, 0.1) is 19.8 Å². The van der Waals surface area contributed by atoms with E-state index in [1.165, 1.54) is 0 Å². The van der Waals surface area contributed by atoms with Gasteiger partial charge in [0.25, 0.3) is 0 Å². The van der Waals surface area contributed by atoms with Gasteiger partial charge in [-0.15, -0.1) is 0 Å². The molecular weight excluding hydrogens is 242 g/mol. The highest BCUT2D eigenvalue weighted by molar-refractivity contribution is 6.00. The van der Waals surface area contributed by atoms with Gasteiger partial charge in [-0.05, 0) is 38.0 Å². The quantitative estimate of drug-likeness (QED) is 0.784. The number of hydrogen-bond donors (Lipinski definition) is 0. The molecule has 1 aliphatic rings. The molecular formula is C15H19NO3. The van der Waals surface area contributed by atoms with Gasteiger partial charge in [-0.2, -0.15) is 0 Å². The molecule has 4 heteroatoms. The van der Waals surface area contributed by atoms with E-state index in [-0.39, 0.29) is 24.2 Å². The second kappa shape index (κ2) is 5.43. The van der Waals surface area contributed by atoms with E-state index in [0.717, 1.165) is 16.8 Å². The Hall–Kier alpha value is -1.84. The number of rotatable bonds is 3. The molecule has 1 fully saturated rings. The normalized spacial score (nSPS) is 18.8. The highest BCUT2D eigenvalue weighted by Crippen LogP contribution is 2.29. The van der Waals surface area contributed by atoms with Crippen LogP contribution in [0.3, 0.4) is 0 Å². The maximum Gasteiger partial charge on any atom is 0.311 e. The van der Waals surface area contributed by atoms with Crippen LogP contribution in [0.1, 0.15) is 24.5 Å². The molecule has 1 heterocycles. The Kier molecular flexibility index (Phi) is 3.88. The minimum Gasteiger partial charge on any atom is -0.466 e. The fraction of sp³-hybridized carbons (Fsp3) is 0.467. The molecule has 1 aromatic rings. The first-order valence-electron chi connectivity index (χ1n) is 6.57. The average Bonchev–Trinajstić information content (AvgIpc) is 2.75. The van der Waals surface area contributed by atoms with Crippen LogP contribution in [-0.4, -0.2) is 25.0 Å². The number of esters is 1. The zero-order chi connectivity index (χ0) is 14.0. The van der Waals surface area contributed by atoms with Gasteiger partial charge < -0.3 is 9.64 Å². The van der Waals surface area contributed by atoms with Crippen molar-refractivity contribution < 1.29 is 14.3 Å². The summed E-state index contributed by atoms with van der Waals surface area (Å²) in [6, 6.07) is 5.87. The van der Waals surface area contributed by atoms with Crippen molar-refractivity contribution >= 4 is 17.6 Å². The molecule has 0 spiro atoms. The van der Waals surface area contributed by atoms with E-state index < -0.39 is 0 Å². The Balaban J connectivity index is 2.20. The number of aryl methyl sites for hydroxylation is 1. The van der Waals surface area contributed by atoms with Crippen molar-refractivity contribution in [2.75, 3.05) is 18.1 Å². The Morgan fingerprint density at radius 3 is 2.84 bits per heavy atom. The number of carbonyl (C=O) groups excluding carboxylic acids is 2. The van der Waals surface area contributed by atoms with Crippen LogP contribution in [0.25, 0.3) is 0 Å². The van der Waals surface area contributed by atoms with Crippen molar-refractivity contribution in [3.8, 4) is 0 Å². The van der Waals surface area contributed by atoms with Crippen molar-refractivity contribution in [3.05, 3.63) is 29.3 Å². The summed E-state index contributed by atoms with van der Waals surface area (Å²) in [4.78, 5) is 25.5. The van der Waals surface area contributed by atoms with Crippen molar-refractivity contribution in [1.29, 1.82) is 0 Å². The summed E-state index contributed by atoms with van der Waals surface area (Å²) in [5, 5.41) is 0. The maximum absolute atomic E-state index is 12.1. The monoisotopic (exact) mass is 261 g/mol. The molecule has 2 rings (SSSR count). The van der Waals surface area contributed by atoms with Gasteiger partial charge in [0.15, 0.2) is 0 Å².